The number of hydrogen-bond acceptors (Lipinski definition) is 3. The minimum Gasteiger partial charge on any atom is -0.352 e. The molecule has 0 unspecified atom stereocenters. The minimum absolute atomic E-state index is 0. The summed E-state index contributed by atoms with van der Waals surface area (Å²) in [7, 11) is 0. The number of benzene rings is 1. The third kappa shape index (κ3) is 3.56. The fraction of sp³-hybridized carbons (Fsp3) is 0.467. The van der Waals surface area contributed by atoms with Crippen LogP contribution >= 0.6 is 12.4 Å². The monoisotopic (exact) mass is 342 g/mol. The Bertz CT molecular complexity index is 601. The van der Waals surface area contributed by atoms with E-state index in [1.54, 1.807) is 11.0 Å². The first-order valence-corrected chi connectivity index (χ1v) is 7.35. The van der Waals surface area contributed by atoms with Gasteiger partial charge < -0.3 is 21.3 Å². The molecule has 0 saturated carbocycles. The Morgan fingerprint density at radius 3 is 2.87 bits per heavy atom. The van der Waals surface area contributed by atoms with Crippen molar-refractivity contribution in [3.05, 3.63) is 35.6 Å². The number of amides is 3. The second-order valence-electron chi connectivity index (χ2n) is 5.85. The van der Waals surface area contributed by atoms with E-state index in [0.29, 0.717) is 12.5 Å². The van der Waals surface area contributed by atoms with Gasteiger partial charge in [-0.2, -0.15) is 0 Å². The maximum atomic E-state index is 13.6. The normalized spacial score (nSPS) is 25.6. The van der Waals surface area contributed by atoms with Crippen LogP contribution in [0.25, 0.3) is 0 Å². The number of likely N-dealkylation sites (tertiary alicyclic amines) is 1. The van der Waals surface area contributed by atoms with Crippen LogP contribution in [-0.2, 0) is 4.79 Å². The third-order valence-electron chi connectivity index (χ3n) is 4.49. The van der Waals surface area contributed by atoms with Crippen molar-refractivity contribution in [2.45, 2.75) is 6.04 Å². The number of carbonyl (C=O) groups excluding carboxylic acids is 2. The van der Waals surface area contributed by atoms with E-state index < -0.39 is 6.03 Å². The third-order valence-corrected chi connectivity index (χ3v) is 4.49. The number of halogens is 2. The lowest BCUT2D eigenvalue weighted by Crippen LogP contribution is -2.43. The summed E-state index contributed by atoms with van der Waals surface area (Å²) in [6, 6.07) is 5.48. The molecule has 0 bridgehead atoms. The van der Waals surface area contributed by atoms with E-state index in [4.69, 9.17) is 5.73 Å². The molecule has 3 atom stereocenters. The quantitative estimate of drug-likeness (QED) is 0.753. The first-order valence-electron chi connectivity index (χ1n) is 7.35. The molecule has 4 N–H and O–H groups in total. The van der Waals surface area contributed by atoms with Crippen LogP contribution in [0, 0.1) is 17.7 Å². The standard InChI is InChI=1S/C15H19FN4O2.ClH/c16-11-3-1-2-9(4-11)14-12-6-18-5-10(12)8-20(14)13(21)7-19-15(17)22;/h1-4,10,12,14,18H,5-8H2,(H3,17,19,22);1H/t10-,12-,14-;/m0./s1. The summed E-state index contributed by atoms with van der Waals surface area (Å²) in [6.45, 7) is 2.13. The molecule has 1 aromatic carbocycles. The molecule has 0 spiro atoms. The number of nitrogens with zero attached hydrogens (tertiary/aromatic N) is 1. The number of hydrogen-bond donors (Lipinski definition) is 3. The van der Waals surface area contributed by atoms with Gasteiger partial charge in [-0.3, -0.25) is 4.79 Å². The molecule has 2 aliphatic heterocycles. The Morgan fingerprint density at radius 2 is 2.17 bits per heavy atom. The Balaban J connectivity index is 0.00000192. The van der Waals surface area contributed by atoms with Gasteiger partial charge in [-0.25, -0.2) is 9.18 Å². The zero-order valence-corrected chi connectivity index (χ0v) is 13.3. The van der Waals surface area contributed by atoms with Crippen LogP contribution < -0.4 is 16.4 Å². The van der Waals surface area contributed by atoms with Crippen LogP contribution in [-0.4, -0.2) is 43.0 Å². The van der Waals surface area contributed by atoms with Crippen molar-refractivity contribution in [1.82, 2.24) is 15.5 Å². The zero-order chi connectivity index (χ0) is 15.7. The van der Waals surface area contributed by atoms with E-state index >= 15 is 0 Å². The average molecular weight is 343 g/mol. The number of carbonyl (C=O) groups is 2. The summed E-state index contributed by atoms with van der Waals surface area (Å²) in [5.41, 5.74) is 5.81. The van der Waals surface area contributed by atoms with E-state index in [1.807, 2.05) is 6.07 Å². The number of rotatable bonds is 3. The van der Waals surface area contributed by atoms with Crippen LogP contribution in [0.2, 0.25) is 0 Å². The van der Waals surface area contributed by atoms with Gasteiger partial charge >= 0.3 is 6.03 Å². The van der Waals surface area contributed by atoms with E-state index in [1.165, 1.54) is 12.1 Å². The van der Waals surface area contributed by atoms with Crippen molar-refractivity contribution in [3.8, 4) is 0 Å². The molecule has 2 fully saturated rings. The molecule has 2 heterocycles. The van der Waals surface area contributed by atoms with Crippen LogP contribution in [0.5, 0.6) is 0 Å². The van der Waals surface area contributed by atoms with E-state index in [2.05, 4.69) is 10.6 Å². The Morgan fingerprint density at radius 1 is 1.39 bits per heavy atom. The summed E-state index contributed by atoms with van der Waals surface area (Å²) in [5, 5.41) is 5.66. The summed E-state index contributed by atoms with van der Waals surface area (Å²) in [6.07, 6.45) is 0. The van der Waals surface area contributed by atoms with Gasteiger partial charge in [0.2, 0.25) is 5.91 Å². The van der Waals surface area contributed by atoms with Crippen molar-refractivity contribution < 1.29 is 14.0 Å². The summed E-state index contributed by atoms with van der Waals surface area (Å²) in [5.74, 6) is 0.113. The minimum atomic E-state index is -0.725. The number of urea groups is 1. The Labute approximate surface area is 140 Å². The number of nitrogens with two attached hydrogens (primary N) is 1. The molecule has 3 amide bonds. The predicted octanol–water partition coefficient (Wildman–Crippen LogP) is 0.635. The lowest BCUT2D eigenvalue weighted by atomic mass is 9.89. The molecule has 1 aromatic rings. The first-order chi connectivity index (χ1) is 10.6. The van der Waals surface area contributed by atoms with Crippen molar-refractivity contribution in [1.29, 1.82) is 0 Å². The van der Waals surface area contributed by atoms with E-state index in [-0.39, 0.29) is 42.6 Å². The predicted molar refractivity (Wildman–Crippen MR) is 85.5 cm³/mol. The molecule has 2 aliphatic rings. The molecule has 0 radical (unpaired) electrons. The fourth-order valence-corrected chi connectivity index (χ4v) is 3.56. The molecule has 8 heteroatoms. The zero-order valence-electron chi connectivity index (χ0n) is 12.5. The van der Waals surface area contributed by atoms with Gasteiger partial charge in [-0.1, -0.05) is 12.1 Å². The van der Waals surface area contributed by atoms with Gasteiger partial charge in [0.15, 0.2) is 0 Å². The van der Waals surface area contributed by atoms with Gasteiger partial charge in [0.1, 0.15) is 5.82 Å². The van der Waals surface area contributed by atoms with Crippen LogP contribution in [0.3, 0.4) is 0 Å². The van der Waals surface area contributed by atoms with Crippen molar-refractivity contribution in [3.63, 3.8) is 0 Å². The van der Waals surface area contributed by atoms with Gasteiger partial charge in [-0.15, -0.1) is 12.4 Å². The molecule has 0 aromatic heterocycles. The maximum absolute atomic E-state index is 13.6. The second kappa shape index (κ2) is 7.14. The van der Waals surface area contributed by atoms with Crippen molar-refractivity contribution >= 4 is 24.3 Å². The molecule has 6 nitrogen and oxygen atoms in total. The van der Waals surface area contributed by atoms with Crippen LogP contribution in [0.15, 0.2) is 24.3 Å². The molecule has 23 heavy (non-hydrogen) atoms. The number of primary amides is 1. The molecular formula is C15H20ClFN4O2. The fourth-order valence-electron chi connectivity index (χ4n) is 3.56. The lowest BCUT2D eigenvalue weighted by molar-refractivity contribution is -0.131. The van der Waals surface area contributed by atoms with Gasteiger partial charge in [0.25, 0.3) is 0 Å². The highest BCUT2D eigenvalue weighted by Gasteiger charge is 2.46. The summed E-state index contributed by atoms with van der Waals surface area (Å²) < 4.78 is 13.6. The summed E-state index contributed by atoms with van der Waals surface area (Å²) in [4.78, 5) is 24.9. The highest BCUT2D eigenvalue weighted by Crippen LogP contribution is 2.42. The van der Waals surface area contributed by atoms with Crippen molar-refractivity contribution in [2.24, 2.45) is 17.6 Å². The molecule has 2 saturated heterocycles. The molecule has 126 valence electrons. The average Bonchev–Trinajstić information content (AvgIpc) is 3.04. The molecule has 3 rings (SSSR count). The highest BCUT2D eigenvalue weighted by atomic mass is 35.5. The van der Waals surface area contributed by atoms with E-state index in [9.17, 15) is 14.0 Å². The first kappa shape index (κ1) is 17.5. The second-order valence-corrected chi connectivity index (χ2v) is 5.85. The topological polar surface area (TPSA) is 87.5 Å². The Kier molecular flexibility index (Phi) is 5.43. The molecular weight excluding hydrogens is 323 g/mol. The van der Waals surface area contributed by atoms with Gasteiger partial charge in [-0.05, 0) is 23.6 Å². The lowest BCUT2D eigenvalue weighted by Gasteiger charge is -2.28. The number of fused-ring (bicyclic) bond motifs is 1. The smallest absolute Gasteiger partial charge is 0.312 e. The van der Waals surface area contributed by atoms with Gasteiger partial charge in [0, 0.05) is 25.6 Å². The Hall–Kier alpha value is -1.86. The maximum Gasteiger partial charge on any atom is 0.312 e. The molecule has 0 aliphatic carbocycles. The van der Waals surface area contributed by atoms with Gasteiger partial charge in [0.05, 0.1) is 12.6 Å². The highest BCUT2D eigenvalue weighted by molar-refractivity contribution is 5.85. The van der Waals surface area contributed by atoms with Crippen LogP contribution in [0.4, 0.5) is 9.18 Å². The summed E-state index contributed by atoms with van der Waals surface area (Å²) >= 11 is 0. The van der Waals surface area contributed by atoms with Crippen LogP contribution in [0.1, 0.15) is 11.6 Å². The largest absolute Gasteiger partial charge is 0.352 e. The SMILES string of the molecule is Cl.NC(=O)NCC(=O)N1C[C@@H]2CNC[C@@H]2[C@@H]1c1cccc(F)c1. The number of nitrogens with one attached hydrogen (secondary N) is 2. The van der Waals surface area contributed by atoms with E-state index in [0.717, 1.165) is 18.7 Å². The van der Waals surface area contributed by atoms with Crippen molar-refractivity contribution in [2.75, 3.05) is 26.2 Å².